The van der Waals surface area contributed by atoms with Crippen LogP contribution in [0.4, 0.5) is 0 Å². The van der Waals surface area contributed by atoms with Crippen LogP contribution < -0.4 is 10.5 Å². The van der Waals surface area contributed by atoms with E-state index in [2.05, 4.69) is 4.72 Å². The van der Waals surface area contributed by atoms with Crippen LogP contribution in [0.2, 0.25) is 5.02 Å². The van der Waals surface area contributed by atoms with Crippen molar-refractivity contribution in [3.8, 4) is 0 Å². The molecule has 0 saturated heterocycles. The highest BCUT2D eigenvalue weighted by molar-refractivity contribution is 7.89. The third-order valence-electron chi connectivity index (χ3n) is 3.17. The fourth-order valence-electron chi connectivity index (χ4n) is 2.11. The second-order valence-corrected chi connectivity index (χ2v) is 6.77. The lowest BCUT2D eigenvalue weighted by molar-refractivity contribution is 0.368. The largest absolute Gasteiger partial charge is 0.255 e. The van der Waals surface area contributed by atoms with Gasteiger partial charge in [0, 0.05) is 17.1 Å². The van der Waals surface area contributed by atoms with Gasteiger partial charge in [-0.25, -0.2) is 13.1 Å². The Balaban J connectivity index is 2.05. The lowest BCUT2D eigenvalue weighted by atomic mass is 9.93. The molecule has 0 aromatic heterocycles. The number of benzene rings is 1. The molecule has 1 aromatic carbocycles. The summed E-state index contributed by atoms with van der Waals surface area (Å²) in [5, 5.41) is 0.517. The van der Waals surface area contributed by atoms with Crippen molar-refractivity contribution in [3.63, 3.8) is 0 Å². The monoisotopic (exact) mass is 287 g/mol. The van der Waals surface area contributed by atoms with Gasteiger partial charge in [-0.05, 0) is 49.9 Å². The zero-order valence-corrected chi connectivity index (χ0v) is 11.5. The molecule has 0 spiro atoms. The van der Waals surface area contributed by atoms with Gasteiger partial charge in [-0.2, -0.15) is 0 Å². The van der Waals surface area contributed by atoms with Gasteiger partial charge in [0.15, 0.2) is 0 Å². The Morgan fingerprint density at radius 3 is 2.22 bits per heavy atom. The van der Waals surface area contributed by atoms with Gasteiger partial charge in [0.25, 0.3) is 0 Å². The maximum atomic E-state index is 12.1. The number of halogens is 1. The van der Waals surface area contributed by atoms with Crippen LogP contribution >= 0.6 is 11.6 Å². The summed E-state index contributed by atoms with van der Waals surface area (Å²) in [6, 6.07) is 6.04. The first kappa shape index (κ1) is 13.8. The highest BCUT2D eigenvalue weighted by atomic mass is 35.5. The molecule has 0 unspecified atom stereocenters. The average molecular weight is 288 g/mol. The minimum atomic E-state index is -3.46. The van der Waals surface area contributed by atoms with Crippen molar-refractivity contribution in [2.75, 3.05) is 0 Å². The fraction of sp³-hybridized carbons (Fsp3) is 0.500. The Morgan fingerprint density at radius 1 is 1.11 bits per heavy atom. The Morgan fingerprint density at radius 2 is 1.67 bits per heavy atom. The normalized spacial score (nSPS) is 25.0. The molecular weight excluding hydrogens is 272 g/mol. The number of sulfonamides is 1. The summed E-state index contributed by atoms with van der Waals surface area (Å²) >= 11 is 5.73. The van der Waals surface area contributed by atoms with E-state index in [1.165, 1.54) is 12.1 Å². The molecule has 6 heteroatoms. The molecule has 18 heavy (non-hydrogen) atoms. The molecule has 0 atom stereocenters. The van der Waals surface area contributed by atoms with Gasteiger partial charge in [-0.1, -0.05) is 11.6 Å². The van der Waals surface area contributed by atoms with E-state index in [0.29, 0.717) is 5.02 Å². The maximum absolute atomic E-state index is 12.1. The number of nitrogens with one attached hydrogen (secondary N) is 2. The van der Waals surface area contributed by atoms with Gasteiger partial charge >= 0.3 is 0 Å². The first-order valence-electron chi connectivity index (χ1n) is 5.96. The summed E-state index contributed by atoms with van der Waals surface area (Å²) in [5.41, 5.74) is 7.59. The minimum Gasteiger partial charge on any atom is -0.255 e. The van der Waals surface area contributed by atoms with E-state index in [1.54, 1.807) is 12.1 Å². The van der Waals surface area contributed by atoms with Gasteiger partial charge in [0.1, 0.15) is 0 Å². The molecule has 1 aliphatic carbocycles. The van der Waals surface area contributed by atoms with Gasteiger partial charge in [-0.3, -0.25) is 5.73 Å². The Hall–Kier alpha value is -0.620. The van der Waals surface area contributed by atoms with Crippen molar-refractivity contribution in [1.82, 2.24) is 10.5 Å². The predicted octanol–water partition coefficient (Wildman–Crippen LogP) is 2.21. The number of rotatable bonds is 3. The molecule has 4 nitrogen and oxygen atoms in total. The number of hydrogen-bond donors (Lipinski definition) is 1. The van der Waals surface area contributed by atoms with Gasteiger partial charge in [0.2, 0.25) is 10.0 Å². The molecule has 0 aliphatic heterocycles. The summed E-state index contributed by atoms with van der Waals surface area (Å²) < 4.78 is 26.9. The van der Waals surface area contributed by atoms with Crippen LogP contribution in [-0.4, -0.2) is 20.5 Å². The Kier molecular flexibility index (Phi) is 4.27. The minimum absolute atomic E-state index is 0.0405. The maximum Gasteiger partial charge on any atom is 0.240 e. The van der Waals surface area contributed by atoms with E-state index < -0.39 is 10.0 Å². The van der Waals surface area contributed by atoms with Gasteiger partial charge < -0.3 is 0 Å². The fourth-order valence-corrected chi connectivity index (χ4v) is 3.54. The van der Waals surface area contributed by atoms with Crippen molar-refractivity contribution in [2.45, 2.75) is 42.7 Å². The number of hydrogen-bond acceptors (Lipinski definition) is 2. The van der Waals surface area contributed by atoms with E-state index in [-0.39, 0.29) is 17.0 Å². The van der Waals surface area contributed by atoms with Crippen LogP contribution in [0.1, 0.15) is 25.7 Å². The van der Waals surface area contributed by atoms with E-state index in [0.717, 1.165) is 25.7 Å². The Bertz CT molecular complexity index is 493. The van der Waals surface area contributed by atoms with E-state index in [9.17, 15) is 8.42 Å². The van der Waals surface area contributed by atoms with E-state index in [1.807, 2.05) is 0 Å². The zero-order valence-electron chi connectivity index (χ0n) is 9.90. The van der Waals surface area contributed by atoms with Crippen molar-refractivity contribution >= 4 is 21.6 Å². The summed E-state index contributed by atoms with van der Waals surface area (Å²) in [5.74, 6) is 0. The van der Waals surface area contributed by atoms with Crippen LogP contribution in [0.5, 0.6) is 0 Å². The van der Waals surface area contributed by atoms with E-state index in [4.69, 9.17) is 17.3 Å². The second-order valence-electron chi connectivity index (χ2n) is 4.62. The molecule has 0 bridgehead atoms. The lowest BCUT2D eigenvalue weighted by Crippen LogP contribution is -2.38. The van der Waals surface area contributed by atoms with Gasteiger partial charge in [0.05, 0.1) is 4.90 Å². The molecule has 2 N–H and O–H groups in total. The van der Waals surface area contributed by atoms with Crippen LogP contribution in [0.3, 0.4) is 0 Å². The van der Waals surface area contributed by atoms with Crippen molar-refractivity contribution < 1.29 is 8.42 Å². The van der Waals surface area contributed by atoms with Crippen LogP contribution in [0, 0.1) is 0 Å². The highest BCUT2D eigenvalue weighted by Crippen LogP contribution is 2.20. The second kappa shape index (κ2) is 5.57. The smallest absolute Gasteiger partial charge is 0.240 e. The molecule has 1 aromatic rings. The van der Waals surface area contributed by atoms with Crippen molar-refractivity contribution in [3.05, 3.63) is 29.3 Å². The molecule has 1 aliphatic rings. The Labute approximate surface area is 113 Å². The first-order chi connectivity index (χ1) is 8.47. The predicted molar refractivity (Wildman–Crippen MR) is 70.9 cm³/mol. The lowest BCUT2D eigenvalue weighted by Gasteiger charge is -2.26. The first-order valence-corrected chi connectivity index (χ1v) is 7.82. The van der Waals surface area contributed by atoms with E-state index >= 15 is 0 Å². The molecular formula is C12H16ClN2O2S. The molecule has 1 saturated carbocycles. The molecule has 1 fully saturated rings. The molecule has 2 rings (SSSR count). The summed E-state index contributed by atoms with van der Waals surface area (Å²) in [6.07, 6.45) is 2.99. The van der Waals surface area contributed by atoms with Crippen LogP contribution in [0.15, 0.2) is 29.2 Å². The van der Waals surface area contributed by atoms with Gasteiger partial charge in [-0.15, -0.1) is 0 Å². The quantitative estimate of drug-likeness (QED) is 0.926. The average Bonchev–Trinajstić information content (AvgIpc) is 2.32. The standard InChI is InChI=1S/C12H16ClN2O2S/c13-9-1-7-12(8-2-9)18(16,17)15-11-5-3-10(14)4-6-11/h1-2,7-8,10-11,14-15H,3-6H2. The molecule has 0 heterocycles. The van der Waals surface area contributed by atoms with Crippen molar-refractivity contribution in [2.24, 2.45) is 0 Å². The molecule has 0 amide bonds. The third kappa shape index (κ3) is 3.45. The molecule has 99 valence electrons. The summed E-state index contributed by atoms with van der Waals surface area (Å²) in [6.45, 7) is 0. The topological polar surface area (TPSA) is 70.0 Å². The SMILES string of the molecule is [NH]C1CCC(NS(=O)(=O)c2ccc(Cl)cc2)CC1. The summed E-state index contributed by atoms with van der Waals surface area (Å²) in [4.78, 5) is 0.236. The molecule has 1 radical (unpaired) electrons. The zero-order chi connectivity index (χ0) is 13.2. The third-order valence-corrected chi connectivity index (χ3v) is 4.96. The van der Waals surface area contributed by atoms with Crippen molar-refractivity contribution in [1.29, 1.82) is 0 Å². The van der Waals surface area contributed by atoms with Crippen LogP contribution in [-0.2, 0) is 10.0 Å². The highest BCUT2D eigenvalue weighted by Gasteiger charge is 2.24. The summed E-state index contributed by atoms with van der Waals surface area (Å²) in [7, 11) is -3.46. The van der Waals surface area contributed by atoms with Crippen LogP contribution in [0.25, 0.3) is 0 Å².